The Bertz CT molecular complexity index is 585. The largest absolute Gasteiger partial charge is 0.339 e. The minimum Gasteiger partial charge on any atom is -0.339 e. The molecule has 1 amide bonds. The van der Waals surface area contributed by atoms with Crippen LogP contribution in [0.3, 0.4) is 0 Å². The third-order valence-corrected chi connectivity index (χ3v) is 5.35. The van der Waals surface area contributed by atoms with Gasteiger partial charge in [0.25, 0.3) is 0 Å². The molecule has 1 atom stereocenters. The predicted molar refractivity (Wildman–Crippen MR) is 93.2 cm³/mol. The smallest absolute Gasteiger partial charge is 0.236 e. The summed E-state index contributed by atoms with van der Waals surface area (Å²) in [4.78, 5) is 18.8. The van der Waals surface area contributed by atoms with Crippen molar-refractivity contribution >= 4 is 5.91 Å². The Hall–Kier alpha value is -1.90. The van der Waals surface area contributed by atoms with Gasteiger partial charge in [-0.2, -0.15) is 5.26 Å². The van der Waals surface area contributed by atoms with Gasteiger partial charge >= 0.3 is 0 Å². The van der Waals surface area contributed by atoms with E-state index in [-0.39, 0.29) is 11.9 Å². The van der Waals surface area contributed by atoms with E-state index < -0.39 is 0 Å². The molecule has 1 aromatic rings. The number of nitriles is 1. The van der Waals surface area contributed by atoms with Gasteiger partial charge < -0.3 is 4.90 Å². The van der Waals surface area contributed by atoms with Crippen molar-refractivity contribution in [2.75, 3.05) is 39.8 Å². The molecular weight excluding hydrogens is 300 g/mol. The first kappa shape index (κ1) is 16.9. The molecule has 0 bridgehead atoms. The van der Waals surface area contributed by atoms with Crippen LogP contribution in [0.25, 0.3) is 0 Å². The van der Waals surface area contributed by atoms with Crippen LogP contribution < -0.4 is 0 Å². The minimum atomic E-state index is -0.221. The van der Waals surface area contributed by atoms with Crippen molar-refractivity contribution in [3.63, 3.8) is 0 Å². The molecule has 0 N–H and O–H groups in total. The maximum Gasteiger partial charge on any atom is 0.236 e. The standard InChI is InChI=1S/C19H26N4O/c1-21(17-8-5-9-17)15-19(24)23-12-10-22(11-13-23)18(14-20)16-6-3-2-4-7-16/h2-4,6-7,17-18H,5,8-13,15H2,1H3. The Balaban J connectivity index is 1.51. The Kier molecular flexibility index (Phi) is 5.49. The first-order chi connectivity index (χ1) is 11.7. The van der Waals surface area contributed by atoms with E-state index in [1.165, 1.54) is 19.3 Å². The highest BCUT2D eigenvalue weighted by Crippen LogP contribution is 2.24. The second-order valence-corrected chi connectivity index (χ2v) is 6.86. The summed E-state index contributed by atoms with van der Waals surface area (Å²) >= 11 is 0. The normalized spacial score (nSPS) is 20.5. The first-order valence-corrected chi connectivity index (χ1v) is 8.85. The zero-order chi connectivity index (χ0) is 16.9. The monoisotopic (exact) mass is 326 g/mol. The Morgan fingerprint density at radius 2 is 1.92 bits per heavy atom. The Morgan fingerprint density at radius 3 is 2.46 bits per heavy atom. The topological polar surface area (TPSA) is 50.6 Å². The highest BCUT2D eigenvalue weighted by atomic mass is 16.2. The molecule has 1 saturated carbocycles. The summed E-state index contributed by atoms with van der Waals surface area (Å²) in [6.45, 7) is 3.45. The lowest BCUT2D eigenvalue weighted by Gasteiger charge is -2.39. The predicted octanol–water partition coefficient (Wildman–Crippen LogP) is 1.88. The van der Waals surface area contributed by atoms with Crippen LogP contribution in [0, 0.1) is 11.3 Å². The summed E-state index contributed by atoms with van der Waals surface area (Å²) in [5.74, 6) is 0.220. The minimum absolute atomic E-state index is 0.220. The summed E-state index contributed by atoms with van der Waals surface area (Å²) < 4.78 is 0. The molecule has 1 aliphatic heterocycles. The number of nitrogens with zero attached hydrogens (tertiary/aromatic N) is 4. The summed E-state index contributed by atoms with van der Waals surface area (Å²) in [5, 5.41) is 9.54. The van der Waals surface area contributed by atoms with Gasteiger partial charge in [-0.25, -0.2) is 0 Å². The summed E-state index contributed by atoms with van der Waals surface area (Å²) in [5.41, 5.74) is 1.03. The molecule has 0 radical (unpaired) electrons. The van der Waals surface area contributed by atoms with Gasteiger partial charge in [0.1, 0.15) is 6.04 Å². The Morgan fingerprint density at radius 1 is 1.25 bits per heavy atom. The fraction of sp³-hybridized carbons (Fsp3) is 0.579. The molecule has 5 heteroatoms. The number of carbonyl (C=O) groups is 1. The lowest BCUT2D eigenvalue weighted by Crippen LogP contribution is -2.52. The van der Waals surface area contributed by atoms with Crippen molar-refractivity contribution in [2.45, 2.75) is 31.3 Å². The number of benzene rings is 1. The van der Waals surface area contributed by atoms with Gasteiger partial charge in [-0.3, -0.25) is 14.6 Å². The molecule has 3 rings (SSSR count). The van der Waals surface area contributed by atoms with E-state index in [9.17, 15) is 10.1 Å². The SMILES string of the molecule is CN(CC(=O)N1CCN(C(C#N)c2ccccc2)CC1)C1CCC1. The van der Waals surface area contributed by atoms with Crippen LogP contribution in [-0.4, -0.2) is 66.4 Å². The fourth-order valence-corrected chi connectivity index (χ4v) is 3.50. The van der Waals surface area contributed by atoms with Gasteiger partial charge in [0.15, 0.2) is 0 Å². The van der Waals surface area contributed by atoms with Gasteiger partial charge in [-0.1, -0.05) is 36.8 Å². The van der Waals surface area contributed by atoms with Gasteiger partial charge in [-0.05, 0) is 25.5 Å². The number of carbonyl (C=O) groups excluding carboxylic acids is 1. The third kappa shape index (κ3) is 3.77. The fourth-order valence-electron chi connectivity index (χ4n) is 3.50. The lowest BCUT2D eigenvalue weighted by atomic mass is 9.92. The zero-order valence-corrected chi connectivity index (χ0v) is 14.4. The van der Waals surface area contributed by atoms with E-state index >= 15 is 0 Å². The maximum atomic E-state index is 12.5. The second kappa shape index (κ2) is 7.78. The molecule has 2 fully saturated rings. The molecule has 0 aromatic heterocycles. The van der Waals surface area contributed by atoms with Crippen LogP contribution in [0.2, 0.25) is 0 Å². The molecule has 128 valence electrons. The van der Waals surface area contributed by atoms with Crippen LogP contribution in [-0.2, 0) is 4.79 Å². The van der Waals surface area contributed by atoms with Gasteiger partial charge in [0.05, 0.1) is 12.6 Å². The second-order valence-electron chi connectivity index (χ2n) is 6.86. The molecule has 24 heavy (non-hydrogen) atoms. The maximum absolute atomic E-state index is 12.5. The zero-order valence-electron chi connectivity index (χ0n) is 14.4. The van der Waals surface area contributed by atoms with E-state index in [4.69, 9.17) is 0 Å². The number of piperazine rings is 1. The summed E-state index contributed by atoms with van der Waals surface area (Å²) in [6, 6.07) is 12.7. The molecule has 1 saturated heterocycles. The molecule has 1 unspecified atom stereocenters. The molecule has 2 aliphatic rings. The molecule has 5 nitrogen and oxygen atoms in total. The van der Waals surface area contributed by atoms with Crippen LogP contribution in [0.15, 0.2) is 30.3 Å². The Labute approximate surface area is 144 Å². The van der Waals surface area contributed by atoms with Crippen LogP contribution in [0.4, 0.5) is 0 Å². The third-order valence-electron chi connectivity index (χ3n) is 5.35. The molecule has 1 heterocycles. The van der Waals surface area contributed by atoms with Crippen molar-refractivity contribution < 1.29 is 4.79 Å². The molecular formula is C19H26N4O. The van der Waals surface area contributed by atoms with E-state index in [0.717, 1.165) is 18.7 Å². The quantitative estimate of drug-likeness (QED) is 0.829. The van der Waals surface area contributed by atoms with E-state index in [0.29, 0.717) is 25.7 Å². The number of amides is 1. The van der Waals surface area contributed by atoms with Gasteiger partial charge in [0.2, 0.25) is 5.91 Å². The van der Waals surface area contributed by atoms with Gasteiger partial charge in [-0.15, -0.1) is 0 Å². The number of rotatable bonds is 5. The average Bonchev–Trinajstić information content (AvgIpc) is 2.55. The van der Waals surface area contributed by atoms with Crippen molar-refractivity contribution in [2.24, 2.45) is 0 Å². The number of likely N-dealkylation sites (N-methyl/N-ethyl adjacent to an activating group) is 1. The van der Waals surface area contributed by atoms with Crippen molar-refractivity contribution in [3.8, 4) is 6.07 Å². The molecule has 1 aliphatic carbocycles. The van der Waals surface area contributed by atoms with Crippen molar-refractivity contribution in [1.82, 2.24) is 14.7 Å². The highest BCUT2D eigenvalue weighted by molar-refractivity contribution is 5.78. The van der Waals surface area contributed by atoms with Crippen LogP contribution in [0.1, 0.15) is 30.9 Å². The van der Waals surface area contributed by atoms with Crippen LogP contribution in [0.5, 0.6) is 0 Å². The number of hydrogen-bond donors (Lipinski definition) is 0. The first-order valence-electron chi connectivity index (χ1n) is 8.85. The molecule has 0 spiro atoms. The molecule has 1 aromatic carbocycles. The highest BCUT2D eigenvalue weighted by Gasteiger charge is 2.29. The average molecular weight is 326 g/mol. The summed E-state index contributed by atoms with van der Waals surface area (Å²) in [6.07, 6.45) is 3.73. The lowest BCUT2D eigenvalue weighted by molar-refractivity contribution is -0.135. The van der Waals surface area contributed by atoms with E-state index in [1.54, 1.807) is 0 Å². The van der Waals surface area contributed by atoms with E-state index in [2.05, 4.69) is 22.9 Å². The van der Waals surface area contributed by atoms with E-state index in [1.807, 2.05) is 35.2 Å². The van der Waals surface area contributed by atoms with Crippen LogP contribution >= 0.6 is 0 Å². The van der Waals surface area contributed by atoms with Crippen molar-refractivity contribution in [3.05, 3.63) is 35.9 Å². The van der Waals surface area contributed by atoms with Gasteiger partial charge in [0, 0.05) is 32.2 Å². The van der Waals surface area contributed by atoms with Crippen molar-refractivity contribution in [1.29, 1.82) is 5.26 Å². The number of hydrogen-bond acceptors (Lipinski definition) is 4. The summed E-state index contributed by atoms with van der Waals surface area (Å²) in [7, 11) is 2.05.